The molecule has 2 atom stereocenters. The fourth-order valence-corrected chi connectivity index (χ4v) is 2.11. The SMILES string of the molecule is CCSc1ccc(C(C)NC(=O)[C@@H](C)N)cc1. The largest absolute Gasteiger partial charge is 0.348 e. The molecule has 0 aliphatic heterocycles. The summed E-state index contributed by atoms with van der Waals surface area (Å²) in [6.07, 6.45) is 0. The maximum atomic E-state index is 11.5. The zero-order valence-corrected chi connectivity index (χ0v) is 11.4. The summed E-state index contributed by atoms with van der Waals surface area (Å²) in [6, 6.07) is 7.78. The van der Waals surface area contributed by atoms with Gasteiger partial charge in [0.25, 0.3) is 0 Å². The highest BCUT2D eigenvalue weighted by molar-refractivity contribution is 7.99. The molecule has 0 saturated carbocycles. The van der Waals surface area contributed by atoms with Gasteiger partial charge in [0.15, 0.2) is 0 Å². The fourth-order valence-electron chi connectivity index (χ4n) is 1.45. The van der Waals surface area contributed by atoms with Gasteiger partial charge >= 0.3 is 0 Å². The average molecular weight is 252 g/mol. The van der Waals surface area contributed by atoms with Gasteiger partial charge in [0, 0.05) is 4.90 Å². The monoisotopic (exact) mass is 252 g/mol. The number of nitrogens with one attached hydrogen (secondary N) is 1. The number of hydrogen-bond donors (Lipinski definition) is 2. The lowest BCUT2D eigenvalue weighted by Gasteiger charge is -2.16. The van der Waals surface area contributed by atoms with Crippen LogP contribution in [0.5, 0.6) is 0 Å². The molecule has 0 heterocycles. The molecule has 1 rings (SSSR count). The molecule has 1 aromatic rings. The minimum absolute atomic E-state index is 0.00539. The van der Waals surface area contributed by atoms with E-state index in [1.165, 1.54) is 4.90 Å². The van der Waals surface area contributed by atoms with E-state index in [1.54, 1.807) is 6.92 Å². The molecule has 0 fully saturated rings. The van der Waals surface area contributed by atoms with E-state index in [1.807, 2.05) is 30.8 Å². The lowest BCUT2D eigenvalue weighted by atomic mass is 10.1. The molecule has 94 valence electrons. The summed E-state index contributed by atoms with van der Waals surface area (Å²) in [4.78, 5) is 12.7. The third-order valence-electron chi connectivity index (χ3n) is 2.46. The molecule has 1 aromatic carbocycles. The third-order valence-corrected chi connectivity index (χ3v) is 3.36. The van der Waals surface area contributed by atoms with Gasteiger partial charge in [0.1, 0.15) is 0 Å². The summed E-state index contributed by atoms with van der Waals surface area (Å²) >= 11 is 1.81. The van der Waals surface area contributed by atoms with Gasteiger partial charge in [-0.2, -0.15) is 0 Å². The van der Waals surface area contributed by atoms with E-state index in [4.69, 9.17) is 5.73 Å². The molecular weight excluding hydrogens is 232 g/mol. The van der Waals surface area contributed by atoms with Crippen LogP contribution in [0, 0.1) is 0 Å². The number of thioether (sulfide) groups is 1. The molecule has 0 bridgehead atoms. The molecule has 3 N–H and O–H groups in total. The highest BCUT2D eigenvalue weighted by Crippen LogP contribution is 2.20. The number of nitrogens with two attached hydrogens (primary N) is 1. The van der Waals surface area contributed by atoms with Crippen LogP contribution in [0.3, 0.4) is 0 Å². The highest BCUT2D eigenvalue weighted by atomic mass is 32.2. The van der Waals surface area contributed by atoms with Crippen LogP contribution in [0.2, 0.25) is 0 Å². The molecule has 17 heavy (non-hydrogen) atoms. The van der Waals surface area contributed by atoms with Gasteiger partial charge in [-0.15, -0.1) is 11.8 Å². The van der Waals surface area contributed by atoms with Crippen molar-refractivity contribution >= 4 is 17.7 Å². The summed E-state index contributed by atoms with van der Waals surface area (Å²) in [6.45, 7) is 5.77. The van der Waals surface area contributed by atoms with Gasteiger partial charge in [-0.05, 0) is 37.3 Å². The molecule has 0 saturated heterocycles. The van der Waals surface area contributed by atoms with Crippen molar-refractivity contribution in [1.29, 1.82) is 0 Å². The maximum Gasteiger partial charge on any atom is 0.237 e. The third kappa shape index (κ3) is 4.40. The minimum Gasteiger partial charge on any atom is -0.348 e. The van der Waals surface area contributed by atoms with E-state index in [0.717, 1.165) is 11.3 Å². The molecule has 0 aliphatic rings. The second-order valence-electron chi connectivity index (χ2n) is 4.02. The van der Waals surface area contributed by atoms with E-state index in [-0.39, 0.29) is 11.9 Å². The van der Waals surface area contributed by atoms with Crippen molar-refractivity contribution in [1.82, 2.24) is 5.32 Å². The smallest absolute Gasteiger partial charge is 0.237 e. The first-order chi connectivity index (χ1) is 8.04. The lowest BCUT2D eigenvalue weighted by Crippen LogP contribution is -2.39. The van der Waals surface area contributed by atoms with Gasteiger partial charge < -0.3 is 11.1 Å². The van der Waals surface area contributed by atoms with Crippen LogP contribution < -0.4 is 11.1 Å². The Balaban J connectivity index is 2.63. The predicted octanol–water partition coefficient (Wildman–Crippen LogP) is 2.32. The quantitative estimate of drug-likeness (QED) is 0.791. The van der Waals surface area contributed by atoms with Crippen molar-refractivity contribution < 1.29 is 4.79 Å². The van der Waals surface area contributed by atoms with E-state index >= 15 is 0 Å². The van der Waals surface area contributed by atoms with Crippen LogP contribution in [0.1, 0.15) is 32.4 Å². The highest BCUT2D eigenvalue weighted by Gasteiger charge is 2.12. The minimum atomic E-state index is -0.465. The Morgan fingerprint density at radius 1 is 1.35 bits per heavy atom. The van der Waals surface area contributed by atoms with Crippen molar-refractivity contribution in [3.05, 3.63) is 29.8 Å². The molecule has 1 amide bonds. The van der Waals surface area contributed by atoms with Gasteiger partial charge in [0.05, 0.1) is 12.1 Å². The summed E-state index contributed by atoms with van der Waals surface area (Å²) < 4.78 is 0. The Labute approximate surface area is 107 Å². The van der Waals surface area contributed by atoms with Crippen LogP contribution in [-0.4, -0.2) is 17.7 Å². The Hall–Kier alpha value is -1.00. The predicted molar refractivity (Wildman–Crippen MR) is 73.0 cm³/mol. The van der Waals surface area contributed by atoms with Crippen LogP contribution in [0.4, 0.5) is 0 Å². The molecule has 1 unspecified atom stereocenters. The zero-order chi connectivity index (χ0) is 12.8. The standard InChI is InChI=1S/C13H20N2OS/c1-4-17-12-7-5-11(6-8-12)10(3)15-13(16)9(2)14/h5-10H,4,14H2,1-3H3,(H,15,16)/t9-,10?/m1/s1. The van der Waals surface area contributed by atoms with Crippen LogP contribution in [0.15, 0.2) is 29.2 Å². The van der Waals surface area contributed by atoms with E-state index in [0.29, 0.717) is 0 Å². The van der Waals surface area contributed by atoms with Crippen molar-refractivity contribution in [2.45, 2.75) is 37.8 Å². The van der Waals surface area contributed by atoms with Gasteiger partial charge in [-0.25, -0.2) is 0 Å². The molecule has 4 heteroatoms. The summed E-state index contributed by atoms with van der Waals surface area (Å²) in [5.74, 6) is 0.945. The summed E-state index contributed by atoms with van der Waals surface area (Å²) in [5.41, 5.74) is 6.61. The van der Waals surface area contributed by atoms with Gasteiger partial charge in [0.2, 0.25) is 5.91 Å². The van der Waals surface area contributed by atoms with Gasteiger partial charge in [-0.1, -0.05) is 19.1 Å². The van der Waals surface area contributed by atoms with Crippen molar-refractivity contribution in [3.63, 3.8) is 0 Å². The topological polar surface area (TPSA) is 55.1 Å². The van der Waals surface area contributed by atoms with E-state index in [2.05, 4.69) is 24.4 Å². The first-order valence-corrected chi connectivity index (χ1v) is 6.82. The van der Waals surface area contributed by atoms with Crippen LogP contribution in [0.25, 0.3) is 0 Å². The second kappa shape index (κ2) is 6.67. The molecule has 0 spiro atoms. The van der Waals surface area contributed by atoms with E-state index < -0.39 is 6.04 Å². The number of amides is 1. The van der Waals surface area contributed by atoms with Crippen molar-refractivity contribution in [2.75, 3.05) is 5.75 Å². The normalized spacial score (nSPS) is 14.1. The van der Waals surface area contributed by atoms with E-state index in [9.17, 15) is 4.79 Å². The Kier molecular flexibility index (Phi) is 5.51. The maximum absolute atomic E-state index is 11.5. The van der Waals surface area contributed by atoms with Crippen molar-refractivity contribution in [2.24, 2.45) is 5.73 Å². The second-order valence-corrected chi connectivity index (χ2v) is 5.36. The van der Waals surface area contributed by atoms with Crippen LogP contribution in [-0.2, 0) is 4.79 Å². The van der Waals surface area contributed by atoms with Crippen molar-refractivity contribution in [3.8, 4) is 0 Å². The molecule has 0 aromatic heterocycles. The number of carbonyl (C=O) groups excluding carboxylic acids is 1. The Morgan fingerprint density at radius 2 is 1.94 bits per heavy atom. The molecule has 3 nitrogen and oxygen atoms in total. The van der Waals surface area contributed by atoms with Gasteiger partial charge in [-0.3, -0.25) is 4.79 Å². The van der Waals surface area contributed by atoms with Crippen LogP contribution >= 0.6 is 11.8 Å². The lowest BCUT2D eigenvalue weighted by molar-refractivity contribution is -0.122. The fraction of sp³-hybridized carbons (Fsp3) is 0.462. The average Bonchev–Trinajstić information content (AvgIpc) is 2.30. The number of rotatable bonds is 5. The molecule has 0 aliphatic carbocycles. The zero-order valence-electron chi connectivity index (χ0n) is 10.6. The number of hydrogen-bond acceptors (Lipinski definition) is 3. The Morgan fingerprint density at radius 3 is 2.41 bits per heavy atom. The first kappa shape index (κ1) is 14.1. The molecular formula is C13H20N2OS. The summed E-state index contributed by atoms with van der Waals surface area (Å²) in [7, 11) is 0. The number of carbonyl (C=O) groups is 1. The number of benzene rings is 1. The molecule has 0 radical (unpaired) electrons. The Bertz CT molecular complexity index is 362. The summed E-state index contributed by atoms with van der Waals surface area (Å²) in [5, 5.41) is 2.88. The first-order valence-electron chi connectivity index (χ1n) is 5.83.